The van der Waals surface area contributed by atoms with Crippen LogP contribution in [0.2, 0.25) is 18.1 Å². The van der Waals surface area contributed by atoms with Gasteiger partial charge in [0.1, 0.15) is 0 Å². The van der Waals surface area contributed by atoms with Crippen LogP contribution >= 0.6 is 0 Å². The van der Waals surface area contributed by atoms with Crippen molar-refractivity contribution < 1.29 is 17.0 Å². The SMILES string of the molecule is CC[Si](CC)(CC)O[C@H]1CCC[C@]2(C)C([C@H](C)COS(=O)(=O)c3ccc(C)cc3)CC[C@@H]12. The Labute approximate surface area is 197 Å². The quantitative estimate of drug-likeness (QED) is 0.269. The van der Waals surface area contributed by atoms with Crippen molar-refractivity contribution in [2.24, 2.45) is 23.2 Å². The summed E-state index contributed by atoms with van der Waals surface area (Å²) in [5.41, 5.74) is 1.26. The molecule has 0 aromatic heterocycles. The van der Waals surface area contributed by atoms with E-state index >= 15 is 0 Å². The van der Waals surface area contributed by atoms with Gasteiger partial charge in [-0.3, -0.25) is 4.18 Å². The van der Waals surface area contributed by atoms with Crippen LogP contribution in [-0.2, 0) is 18.7 Å². The van der Waals surface area contributed by atoms with Gasteiger partial charge in [-0.2, -0.15) is 8.42 Å². The maximum absolute atomic E-state index is 12.7. The van der Waals surface area contributed by atoms with E-state index in [0.717, 1.165) is 12.0 Å². The summed E-state index contributed by atoms with van der Waals surface area (Å²) in [7, 11) is -5.35. The molecule has 0 aliphatic heterocycles. The van der Waals surface area contributed by atoms with Gasteiger partial charge in [0.25, 0.3) is 10.1 Å². The molecule has 6 heteroatoms. The fourth-order valence-electron chi connectivity index (χ4n) is 6.64. The molecule has 0 radical (unpaired) electrons. The van der Waals surface area contributed by atoms with Crippen molar-refractivity contribution in [3.05, 3.63) is 29.8 Å². The van der Waals surface area contributed by atoms with Gasteiger partial charge in [-0.1, -0.05) is 58.7 Å². The molecule has 0 heterocycles. The highest BCUT2D eigenvalue weighted by Crippen LogP contribution is 2.58. The predicted octanol–water partition coefficient (Wildman–Crippen LogP) is 6.94. The standard InChI is InChI=1S/C26H44O4SSi/c1-7-32(8-2,9-3)30-25-11-10-18-26(6)23(16-17-24(25)26)21(5)19-29-31(27,28)22-14-12-20(4)13-15-22/h12-15,21,23-25H,7-11,16-19H2,1-6H3/t21-,23?,24+,25+,26-/m1/s1. The number of aryl methyl sites for hydroxylation is 1. The summed E-state index contributed by atoms with van der Waals surface area (Å²) in [6, 6.07) is 10.5. The van der Waals surface area contributed by atoms with E-state index in [9.17, 15) is 8.42 Å². The summed E-state index contributed by atoms with van der Waals surface area (Å²) < 4.78 is 38.0. The Morgan fingerprint density at radius 3 is 2.28 bits per heavy atom. The topological polar surface area (TPSA) is 52.6 Å². The van der Waals surface area contributed by atoms with Gasteiger partial charge < -0.3 is 4.43 Å². The highest BCUT2D eigenvalue weighted by atomic mass is 32.2. The second kappa shape index (κ2) is 10.3. The van der Waals surface area contributed by atoms with E-state index < -0.39 is 18.4 Å². The predicted molar refractivity (Wildman–Crippen MR) is 134 cm³/mol. The van der Waals surface area contributed by atoms with Crippen LogP contribution in [0.25, 0.3) is 0 Å². The Morgan fingerprint density at radius 2 is 1.69 bits per heavy atom. The molecule has 0 spiro atoms. The maximum Gasteiger partial charge on any atom is 0.296 e. The number of hydrogen-bond donors (Lipinski definition) is 0. The summed E-state index contributed by atoms with van der Waals surface area (Å²) in [4.78, 5) is 0.247. The van der Waals surface area contributed by atoms with E-state index in [2.05, 4.69) is 34.6 Å². The van der Waals surface area contributed by atoms with Crippen LogP contribution in [0.5, 0.6) is 0 Å². The van der Waals surface area contributed by atoms with E-state index in [1.54, 1.807) is 12.1 Å². The van der Waals surface area contributed by atoms with Crippen LogP contribution in [-0.4, -0.2) is 29.4 Å². The van der Waals surface area contributed by atoms with Gasteiger partial charge in [0.2, 0.25) is 0 Å². The Bertz CT molecular complexity index is 841. The second-order valence-electron chi connectivity index (χ2n) is 10.6. The lowest BCUT2D eigenvalue weighted by Crippen LogP contribution is -2.48. The van der Waals surface area contributed by atoms with Crippen molar-refractivity contribution in [1.82, 2.24) is 0 Å². The third kappa shape index (κ3) is 5.18. The monoisotopic (exact) mass is 480 g/mol. The van der Waals surface area contributed by atoms with Gasteiger partial charge in [0.15, 0.2) is 8.32 Å². The fourth-order valence-corrected chi connectivity index (χ4v) is 10.6. The average molecular weight is 481 g/mol. The molecule has 0 amide bonds. The van der Waals surface area contributed by atoms with E-state index in [0.29, 0.717) is 17.9 Å². The third-order valence-electron chi connectivity index (χ3n) is 8.95. The average Bonchev–Trinajstić information content (AvgIpc) is 3.14. The van der Waals surface area contributed by atoms with E-state index in [4.69, 9.17) is 8.61 Å². The van der Waals surface area contributed by atoms with Crippen molar-refractivity contribution in [3.63, 3.8) is 0 Å². The molecule has 1 aromatic carbocycles. The smallest absolute Gasteiger partial charge is 0.296 e. The molecule has 5 atom stereocenters. The van der Waals surface area contributed by atoms with Gasteiger partial charge in [0.05, 0.1) is 11.5 Å². The van der Waals surface area contributed by atoms with E-state index in [1.807, 2.05) is 19.1 Å². The number of hydrogen-bond acceptors (Lipinski definition) is 4. The van der Waals surface area contributed by atoms with Crippen molar-refractivity contribution in [1.29, 1.82) is 0 Å². The highest BCUT2D eigenvalue weighted by molar-refractivity contribution is 7.86. The number of rotatable bonds is 10. The molecule has 1 unspecified atom stereocenters. The Kier molecular flexibility index (Phi) is 8.33. The first-order valence-electron chi connectivity index (χ1n) is 12.7. The molecular formula is C26H44O4SSi. The fraction of sp³-hybridized carbons (Fsp3) is 0.769. The molecule has 3 rings (SSSR count). The van der Waals surface area contributed by atoms with Gasteiger partial charge >= 0.3 is 0 Å². The summed E-state index contributed by atoms with van der Waals surface area (Å²) in [6.45, 7) is 13.8. The van der Waals surface area contributed by atoms with Crippen molar-refractivity contribution in [3.8, 4) is 0 Å². The van der Waals surface area contributed by atoms with Gasteiger partial charge in [0, 0.05) is 6.10 Å². The molecular weight excluding hydrogens is 436 g/mol. The van der Waals surface area contributed by atoms with Gasteiger partial charge in [-0.15, -0.1) is 0 Å². The van der Waals surface area contributed by atoms with Crippen LogP contribution in [0.1, 0.15) is 72.3 Å². The summed E-state index contributed by atoms with van der Waals surface area (Å²) in [5.74, 6) is 1.27. The number of benzene rings is 1. The minimum absolute atomic E-state index is 0.203. The molecule has 4 nitrogen and oxygen atoms in total. The van der Waals surface area contributed by atoms with Crippen LogP contribution in [0.3, 0.4) is 0 Å². The molecule has 1 aromatic rings. The Hall–Kier alpha value is -0.693. The summed E-state index contributed by atoms with van der Waals surface area (Å²) >= 11 is 0. The maximum atomic E-state index is 12.7. The Balaban J connectivity index is 1.68. The first-order valence-corrected chi connectivity index (χ1v) is 16.7. The zero-order valence-corrected chi connectivity index (χ0v) is 22.8. The van der Waals surface area contributed by atoms with Crippen LogP contribution in [0.4, 0.5) is 0 Å². The molecule has 0 bridgehead atoms. The molecule has 2 aliphatic rings. The third-order valence-corrected chi connectivity index (χ3v) is 14.9. The zero-order valence-electron chi connectivity index (χ0n) is 21.0. The minimum atomic E-state index is -3.71. The normalized spacial score (nSPS) is 29.6. The Morgan fingerprint density at radius 1 is 1.06 bits per heavy atom. The first-order chi connectivity index (χ1) is 15.1. The first kappa shape index (κ1) is 25.9. The van der Waals surface area contributed by atoms with Crippen molar-refractivity contribution in [2.45, 2.75) is 103 Å². The molecule has 2 saturated carbocycles. The molecule has 2 aliphatic carbocycles. The van der Waals surface area contributed by atoms with Gasteiger partial charge in [-0.05, 0) is 86.0 Å². The summed E-state index contributed by atoms with van der Waals surface area (Å²) in [6.07, 6.45) is 6.35. The van der Waals surface area contributed by atoms with Crippen LogP contribution < -0.4 is 0 Å². The largest absolute Gasteiger partial charge is 0.414 e. The highest BCUT2D eigenvalue weighted by Gasteiger charge is 2.54. The number of fused-ring (bicyclic) bond motifs is 1. The molecule has 182 valence electrons. The lowest BCUT2D eigenvalue weighted by atomic mass is 9.62. The van der Waals surface area contributed by atoms with Crippen LogP contribution in [0, 0.1) is 30.1 Å². The van der Waals surface area contributed by atoms with E-state index in [-0.39, 0.29) is 22.8 Å². The minimum Gasteiger partial charge on any atom is -0.414 e. The lowest BCUT2D eigenvalue weighted by molar-refractivity contribution is -0.0236. The molecule has 0 N–H and O–H groups in total. The van der Waals surface area contributed by atoms with E-state index in [1.165, 1.54) is 43.8 Å². The zero-order chi connectivity index (χ0) is 23.6. The lowest BCUT2D eigenvalue weighted by Gasteiger charge is -2.48. The van der Waals surface area contributed by atoms with Crippen LogP contribution in [0.15, 0.2) is 29.2 Å². The second-order valence-corrected chi connectivity index (χ2v) is 17.0. The molecule has 0 saturated heterocycles. The molecule has 2 fully saturated rings. The molecule has 32 heavy (non-hydrogen) atoms. The van der Waals surface area contributed by atoms with Crippen molar-refractivity contribution in [2.75, 3.05) is 6.61 Å². The van der Waals surface area contributed by atoms with Gasteiger partial charge in [-0.25, -0.2) is 0 Å². The summed E-state index contributed by atoms with van der Waals surface area (Å²) in [5, 5.41) is 0. The van der Waals surface area contributed by atoms with Crippen molar-refractivity contribution >= 4 is 18.4 Å².